The van der Waals surface area contributed by atoms with Gasteiger partial charge in [-0.2, -0.15) is 0 Å². The Balaban J connectivity index is 2.44. The van der Waals surface area contributed by atoms with Gasteiger partial charge in [0.15, 0.2) is 0 Å². The van der Waals surface area contributed by atoms with Crippen LogP contribution in [0.3, 0.4) is 0 Å². The average Bonchev–Trinajstić information content (AvgIpc) is 2.71. The van der Waals surface area contributed by atoms with E-state index in [1.807, 2.05) is 18.2 Å². The molecule has 0 aliphatic carbocycles. The van der Waals surface area contributed by atoms with Crippen molar-refractivity contribution in [2.24, 2.45) is 0 Å². The first-order valence-electron chi connectivity index (χ1n) is 5.12. The van der Waals surface area contributed by atoms with Gasteiger partial charge >= 0.3 is 5.97 Å². The van der Waals surface area contributed by atoms with E-state index in [2.05, 4.69) is 9.72 Å². The molecule has 0 saturated heterocycles. The lowest BCUT2D eigenvalue weighted by molar-refractivity contribution is -0.139. The van der Waals surface area contributed by atoms with Crippen molar-refractivity contribution >= 4 is 27.7 Å². The molecule has 0 aliphatic rings. The number of hydrogen-bond acceptors (Lipinski definition) is 3. The van der Waals surface area contributed by atoms with Crippen molar-refractivity contribution in [1.29, 1.82) is 0 Å². The van der Waals surface area contributed by atoms with Crippen LogP contribution in [0.2, 0.25) is 0 Å². The Kier molecular flexibility index (Phi) is 3.28. The van der Waals surface area contributed by atoms with E-state index in [4.69, 9.17) is 0 Å². The highest BCUT2D eigenvalue weighted by molar-refractivity contribution is 7.84. The van der Waals surface area contributed by atoms with E-state index in [0.717, 1.165) is 21.4 Å². The fraction of sp³-hybridized carbons (Fsp3) is 0.250. The van der Waals surface area contributed by atoms with Crippen LogP contribution in [0.1, 0.15) is 5.56 Å². The zero-order chi connectivity index (χ0) is 12.4. The highest BCUT2D eigenvalue weighted by Gasteiger charge is 2.09. The van der Waals surface area contributed by atoms with Crippen LogP contribution in [0, 0.1) is 0 Å². The molecule has 1 atom stereocenters. The molecule has 1 aromatic heterocycles. The molecule has 0 fully saturated rings. The summed E-state index contributed by atoms with van der Waals surface area (Å²) >= 11 is 0. The second-order valence-electron chi connectivity index (χ2n) is 3.74. The van der Waals surface area contributed by atoms with Crippen LogP contribution >= 0.6 is 0 Å². The van der Waals surface area contributed by atoms with Crippen LogP contribution in [-0.2, 0) is 26.8 Å². The topological polar surface area (TPSA) is 59.2 Å². The lowest BCUT2D eigenvalue weighted by atomic mass is 10.1. The molecular formula is C12H13NO3S. The Hall–Kier alpha value is -1.62. The third kappa shape index (κ3) is 2.39. The minimum Gasteiger partial charge on any atom is -0.469 e. The molecule has 1 aromatic carbocycles. The summed E-state index contributed by atoms with van der Waals surface area (Å²) in [4.78, 5) is 15.0. The highest BCUT2D eigenvalue weighted by Crippen LogP contribution is 2.22. The number of methoxy groups -OCH3 is 1. The number of rotatable bonds is 3. The Morgan fingerprint density at radius 3 is 2.88 bits per heavy atom. The Bertz CT molecular complexity index is 588. The van der Waals surface area contributed by atoms with Gasteiger partial charge in [-0.1, -0.05) is 6.07 Å². The van der Waals surface area contributed by atoms with E-state index in [-0.39, 0.29) is 12.4 Å². The monoisotopic (exact) mass is 251 g/mol. The predicted octanol–water partition coefficient (Wildman–Crippen LogP) is 1.62. The summed E-state index contributed by atoms with van der Waals surface area (Å²) < 4.78 is 16.1. The van der Waals surface area contributed by atoms with Crippen LogP contribution < -0.4 is 0 Å². The van der Waals surface area contributed by atoms with Gasteiger partial charge in [0, 0.05) is 23.4 Å². The molecule has 0 spiro atoms. The largest absolute Gasteiger partial charge is 0.469 e. The number of fused-ring (bicyclic) bond motifs is 1. The normalized spacial score (nSPS) is 12.6. The first-order chi connectivity index (χ1) is 8.11. The molecule has 5 heteroatoms. The molecule has 17 heavy (non-hydrogen) atoms. The lowest BCUT2D eigenvalue weighted by Gasteiger charge is -2.01. The van der Waals surface area contributed by atoms with Crippen LogP contribution in [-0.4, -0.2) is 28.5 Å². The van der Waals surface area contributed by atoms with Crippen molar-refractivity contribution < 1.29 is 13.7 Å². The van der Waals surface area contributed by atoms with Crippen LogP contribution in [0.25, 0.3) is 10.9 Å². The average molecular weight is 251 g/mol. The lowest BCUT2D eigenvalue weighted by Crippen LogP contribution is -2.04. The molecule has 0 saturated carbocycles. The van der Waals surface area contributed by atoms with Gasteiger partial charge in [0.05, 0.1) is 29.2 Å². The van der Waals surface area contributed by atoms with Gasteiger partial charge in [-0.05, 0) is 17.7 Å². The first-order valence-corrected chi connectivity index (χ1v) is 6.68. The minimum atomic E-state index is -1.04. The number of carbonyl (C=O) groups is 1. The fourth-order valence-electron chi connectivity index (χ4n) is 1.73. The number of ether oxygens (including phenoxy) is 1. The molecule has 1 unspecified atom stereocenters. The van der Waals surface area contributed by atoms with E-state index in [1.165, 1.54) is 7.11 Å². The van der Waals surface area contributed by atoms with Gasteiger partial charge in [0.25, 0.3) is 0 Å². The number of H-pyrrole nitrogens is 1. The number of nitrogens with one attached hydrogen (secondary N) is 1. The molecule has 0 bridgehead atoms. The number of aromatic nitrogens is 1. The van der Waals surface area contributed by atoms with Crippen molar-refractivity contribution in [3.05, 3.63) is 30.0 Å². The molecule has 1 heterocycles. The summed E-state index contributed by atoms with van der Waals surface area (Å²) in [6, 6.07) is 5.61. The number of hydrogen-bond donors (Lipinski definition) is 1. The second kappa shape index (κ2) is 4.71. The number of esters is 1. The number of benzene rings is 1. The van der Waals surface area contributed by atoms with Crippen LogP contribution in [0.15, 0.2) is 29.3 Å². The standard InChI is InChI=1S/C12H13NO3S/c1-16-12(14)6-8-3-4-10-9(5-8)11(7-13-10)17(2)15/h3-5,7,13H,6H2,1-2H3. The quantitative estimate of drug-likeness (QED) is 0.843. The zero-order valence-electron chi connectivity index (χ0n) is 9.65. The maximum Gasteiger partial charge on any atom is 0.309 e. The van der Waals surface area contributed by atoms with Crippen molar-refractivity contribution in [3.63, 3.8) is 0 Å². The fourth-order valence-corrected chi connectivity index (χ4v) is 2.43. The highest BCUT2D eigenvalue weighted by atomic mass is 32.2. The molecule has 1 N–H and O–H groups in total. The van der Waals surface area contributed by atoms with Crippen molar-refractivity contribution in [2.75, 3.05) is 13.4 Å². The molecule has 2 aromatic rings. The van der Waals surface area contributed by atoms with Crippen LogP contribution in [0.4, 0.5) is 0 Å². The summed E-state index contributed by atoms with van der Waals surface area (Å²) in [7, 11) is 0.322. The summed E-state index contributed by atoms with van der Waals surface area (Å²) in [6.45, 7) is 0. The van der Waals surface area contributed by atoms with E-state index >= 15 is 0 Å². The van der Waals surface area contributed by atoms with E-state index < -0.39 is 10.8 Å². The predicted molar refractivity (Wildman–Crippen MR) is 66.4 cm³/mol. The van der Waals surface area contributed by atoms with Crippen molar-refractivity contribution in [3.8, 4) is 0 Å². The molecule has 0 radical (unpaired) electrons. The molecule has 0 aliphatic heterocycles. The van der Waals surface area contributed by atoms with Gasteiger partial charge in [-0.25, -0.2) is 0 Å². The smallest absolute Gasteiger partial charge is 0.309 e. The maximum absolute atomic E-state index is 11.5. The molecule has 90 valence electrons. The zero-order valence-corrected chi connectivity index (χ0v) is 10.5. The van der Waals surface area contributed by atoms with E-state index in [9.17, 15) is 9.00 Å². The summed E-state index contributed by atoms with van der Waals surface area (Å²) in [5.74, 6) is -0.279. The second-order valence-corrected chi connectivity index (χ2v) is 5.09. The summed E-state index contributed by atoms with van der Waals surface area (Å²) in [5, 5.41) is 0.896. The molecular weight excluding hydrogens is 238 g/mol. The molecule has 4 nitrogen and oxygen atoms in total. The van der Waals surface area contributed by atoms with Gasteiger partial charge in [0.2, 0.25) is 0 Å². The SMILES string of the molecule is COC(=O)Cc1ccc2[nH]cc(S(C)=O)c2c1. The van der Waals surface area contributed by atoms with E-state index in [0.29, 0.717) is 0 Å². The Labute approximate surface area is 101 Å². The maximum atomic E-state index is 11.5. The third-order valence-electron chi connectivity index (χ3n) is 2.59. The third-order valence-corrected chi connectivity index (χ3v) is 3.55. The Morgan fingerprint density at radius 1 is 1.47 bits per heavy atom. The number of aromatic amines is 1. The van der Waals surface area contributed by atoms with Crippen molar-refractivity contribution in [1.82, 2.24) is 4.98 Å². The van der Waals surface area contributed by atoms with Gasteiger partial charge in [0.1, 0.15) is 0 Å². The first kappa shape index (κ1) is 11.9. The van der Waals surface area contributed by atoms with Gasteiger partial charge < -0.3 is 9.72 Å². The number of carbonyl (C=O) groups excluding carboxylic acids is 1. The molecule has 0 amide bonds. The van der Waals surface area contributed by atoms with Crippen molar-refractivity contribution in [2.45, 2.75) is 11.3 Å². The van der Waals surface area contributed by atoms with E-state index in [1.54, 1.807) is 12.5 Å². The Morgan fingerprint density at radius 2 is 2.24 bits per heavy atom. The summed E-state index contributed by atoms with van der Waals surface area (Å²) in [5.41, 5.74) is 1.78. The minimum absolute atomic E-state index is 0.230. The van der Waals surface area contributed by atoms with Crippen LogP contribution in [0.5, 0.6) is 0 Å². The summed E-state index contributed by atoms with van der Waals surface area (Å²) in [6.07, 6.45) is 3.60. The van der Waals surface area contributed by atoms with Gasteiger partial charge in [-0.3, -0.25) is 9.00 Å². The van der Waals surface area contributed by atoms with Gasteiger partial charge in [-0.15, -0.1) is 0 Å². The molecule has 2 rings (SSSR count).